The molecule has 0 aromatic carbocycles. The number of quaternary nitrogens is 2. The quantitative estimate of drug-likeness (QED) is 0.143. The molecule has 29 heavy (non-hydrogen) atoms. The molecule has 0 aliphatic rings. The zero-order valence-electron chi connectivity index (χ0n) is 20.9. The molecule has 0 bridgehead atoms. The number of hydrogen-bond acceptors (Lipinski definition) is 2. The van der Waals surface area contributed by atoms with E-state index in [9.17, 15) is 4.79 Å². The molecular formula is C25H54N2O2+2. The van der Waals surface area contributed by atoms with E-state index < -0.39 is 0 Å². The maximum Gasteiger partial charge on any atom is 0.311 e. The molecule has 0 atom stereocenters. The molecule has 0 aliphatic carbocycles. The molecule has 0 N–H and O–H groups in total. The smallest absolute Gasteiger partial charge is 0.311 e. The van der Waals surface area contributed by atoms with E-state index in [1.165, 1.54) is 83.6 Å². The topological polar surface area (TPSA) is 26.3 Å². The number of unbranched alkanes of at least 4 members (excludes halogenated alkanes) is 11. The van der Waals surface area contributed by atoms with Gasteiger partial charge in [0.15, 0.2) is 0 Å². The first-order chi connectivity index (χ1) is 13.7. The third-order valence-corrected chi connectivity index (χ3v) is 5.77. The summed E-state index contributed by atoms with van der Waals surface area (Å²) in [5.74, 6) is -0.0223. The maximum atomic E-state index is 12.0. The summed E-state index contributed by atoms with van der Waals surface area (Å²) in [5, 5.41) is 0. The Morgan fingerprint density at radius 1 is 0.621 bits per heavy atom. The third-order valence-electron chi connectivity index (χ3n) is 5.77. The van der Waals surface area contributed by atoms with Crippen LogP contribution in [-0.2, 0) is 9.53 Å². The first-order valence-electron chi connectivity index (χ1n) is 12.4. The number of carbonyl (C=O) groups is 1. The van der Waals surface area contributed by atoms with Gasteiger partial charge < -0.3 is 13.7 Å². The normalized spacial score (nSPS) is 12.3. The molecular weight excluding hydrogens is 360 g/mol. The van der Waals surface area contributed by atoms with Crippen LogP contribution in [0.4, 0.5) is 0 Å². The lowest BCUT2D eigenvalue weighted by atomic mass is 10.1. The van der Waals surface area contributed by atoms with Gasteiger partial charge in [0.25, 0.3) is 0 Å². The molecule has 0 aliphatic heterocycles. The lowest BCUT2D eigenvalue weighted by Crippen LogP contribution is -2.44. The van der Waals surface area contributed by atoms with Crippen molar-refractivity contribution in [3.05, 3.63) is 0 Å². The fourth-order valence-electron chi connectivity index (χ4n) is 3.68. The lowest BCUT2D eigenvalue weighted by Gasteiger charge is -2.31. The van der Waals surface area contributed by atoms with Gasteiger partial charge in [-0.1, -0.05) is 77.6 Å². The van der Waals surface area contributed by atoms with Gasteiger partial charge >= 0.3 is 5.97 Å². The van der Waals surface area contributed by atoms with Crippen LogP contribution in [0.15, 0.2) is 0 Å². The number of ether oxygens (including phenoxy) is 1. The average Bonchev–Trinajstić information content (AvgIpc) is 2.62. The summed E-state index contributed by atoms with van der Waals surface area (Å²) in [4.78, 5) is 12.0. The molecule has 0 aromatic heterocycles. The van der Waals surface area contributed by atoms with E-state index in [-0.39, 0.29) is 5.97 Å². The number of rotatable bonds is 20. The molecule has 0 aromatic rings. The molecule has 0 heterocycles. The van der Waals surface area contributed by atoms with E-state index in [0.29, 0.717) is 13.0 Å². The van der Waals surface area contributed by atoms with Gasteiger partial charge in [-0.15, -0.1) is 0 Å². The SMILES string of the molecule is CCCCCCCCCCCCCCOC(=O)CC[N+](C)(C)CCC[N+](C)(C)C. The van der Waals surface area contributed by atoms with Crippen LogP contribution in [0.25, 0.3) is 0 Å². The highest BCUT2D eigenvalue weighted by Crippen LogP contribution is 2.12. The minimum atomic E-state index is -0.0223. The van der Waals surface area contributed by atoms with Gasteiger partial charge in [0.05, 0.1) is 67.9 Å². The van der Waals surface area contributed by atoms with Crippen molar-refractivity contribution in [2.75, 3.05) is 61.5 Å². The molecule has 0 spiro atoms. The van der Waals surface area contributed by atoms with Crippen molar-refractivity contribution in [1.29, 1.82) is 0 Å². The van der Waals surface area contributed by atoms with Crippen molar-refractivity contribution in [1.82, 2.24) is 0 Å². The molecule has 4 heteroatoms. The van der Waals surface area contributed by atoms with Gasteiger partial charge in [-0.3, -0.25) is 4.79 Å². The third kappa shape index (κ3) is 21.9. The monoisotopic (exact) mass is 414 g/mol. The van der Waals surface area contributed by atoms with Crippen molar-refractivity contribution in [3.63, 3.8) is 0 Å². The van der Waals surface area contributed by atoms with Gasteiger partial charge in [-0.25, -0.2) is 0 Å². The largest absolute Gasteiger partial charge is 0.466 e. The molecule has 0 unspecified atom stereocenters. The predicted octanol–water partition coefficient (Wildman–Crippen LogP) is 5.79. The van der Waals surface area contributed by atoms with E-state index in [4.69, 9.17) is 4.74 Å². The predicted molar refractivity (Wildman–Crippen MR) is 126 cm³/mol. The summed E-state index contributed by atoms with van der Waals surface area (Å²) < 4.78 is 7.33. The number of hydrogen-bond donors (Lipinski definition) is 0. The summed E-state index contributed by atoms with van der Waals surface area (Å²) in [5.41, 5.74) is 0. The summed E-state index contributed by atoms with van der Waals surface area (Å²) >= 11 is 0. The highest BCUT2D eigenvalue weighted by molar-refractivity contribution is 5.69. The summed E-state index contributed by atoms with van der Waals surface area (Å²) in [6.45, 7) is 6.03. The van der Waals surface area contributed by atoms with E-state index in [1.807, 2.05) is 0 Å². The van der Waals surface area contributed by atoms with Crippen LogP contribution in [0.5, 0.6) is 0 Å². The van der Waals surface area contributed by atoms with Crippen molar-refractivity contribution >= 4 is 5.97 Å². The number of carbonyl (C=O) groups excluding carboxylic acids is 1. The minimum absolute atomic E-state index is 0.0223. The lowest BCUT2D eigenvalue weighted by molar-refractivity contribution is -0.901. The Labute approximate surface area is 183 Å². The summed E-state index contributed by atoms with van der Waals surface area (Å²) in [7, 11) is 11.1. The Hall–Kier alpha value is -0.610. The molecule has 0 fully saturated rings. The molecule has 0 amide bonds. The molecule has 4 nitrogen and oxygen atoms in total. The summed E-state index contributed by atoms with van der Waals surface area (Å²) in [6.07, 6.45) is 17.7. The fourth-order valence-corrected chi connectivity index (χ4v) is 3.68. The van der Waals surface area contributed by atoms with Crippen LogP contribution >= 0.6 is 0 Å². The van der Waals surface area contributed by atoms with Crippen molar-refractivity contribution in [3.8, 4) is 0 Å². The van der Waals surface area contributed by atoms with E-state index >= 15 is 0 Å². The van der Waals surface area contributed by atoms with E-state index in [0.717, 1.165) is 28.5 Å². The molecule has 0 saturated carbocycles. The Kier molecular flexibility index (Phi) is 16.7. The second-order valence-electron chi connectivity index (χ2n) is 10.6. The van der Waals surface area contributed by atoms with Gasteiger partial charge in [0.2, 0.25) is 0 Å². The zero-order chi connectivity index (χ0) is 22.0. The molecule has 0 rings (SSSR count). The van der Waals surface area contributed by atoms with E-state index in [1.54, 1.807) is 0 Å². The van der Waals surface area contributed by atoms with Crippen LogP contribution in [0.2, 0.25) is 0 Å². The van der Waals surface area contributed by atoms with Crippen LogP contribution in [0.3, 0.4) is 0 Å². The Balaban J connectivity index is 3.47. The Morgan fingerprint density at radius 3 is 1.59 bits per heavy atom. The van der Waals surface area contributed by atoms with Crippen LogP contribution < -0.4 is 0 Å². The van der Waals surface area contributed by atoms with Gasteiger partial charge in [0, 0.05) is 6.42 Å². The van der Waals surface area contributed by atoms with Crippen LogP contribution in [-0.4, -0.2) is 76.4 Å². The first-order valence-corrected chi connectivity index (χ1v) is 12.4. The van der Waals surface area contributed by atoms with Crippen LogP contribution in [0.1, 0.15) is 96.8 Å². The molecule has 0 radical (unpaired) electrons. The standard InChI is InChI=1S/C25H54N2O2/c1-7-8-9-10-11-12-13-14-15-16-17-18-24-29-25(28)20-23-27(5,6)22-19-21-26(2,3)4/h7-24H2,1-6H3/q+2. The average molecular weight is 415 g/mol. The Bertz CT molecular complexity index is 389. The van der Waals surface area contributed by atoms with Crippen molar-refractivity contribution in [2.24, 2.45) is 0 Å². The minimum Gasteiger partial charge on any atom is -0.466 e. The van der Waals surface area contributed by atoms with Crippen LogP contribution in [0, 0.1) is 0 Å². The highest BCUT2D eigenvalue weighted by atomic mass is 16.5. The zero-order valence-corrected chi connectivity index (χ0v) is 20.9. The maximum absolute atomic E-state index is 12.0. The second-order valence-corrected chi connectivity index (χ2v) is 10.6. The number of esters is 1. The highest BCUT2D eigenvalue weighted by Gasteiger charge is 2.19. The molecule has 0 saturated heterocycles. The van der Waals surface area contributed by atoms with E-state index in [2.05, 4.69) is 42.2 Å². The van der Waals surface area contributed by atoms with Gasteiger partial charge in [0.1, 0.15) is 0 Å². The van der Waals surface area contributed by atoms with Crippen molar-refractivity contribution < 1.29 is 18.5 Å². The van der Waals surface area contributed by atoms with Gasteiger partial charge in [-0.05, 0) is 6.42 Å². The summed E-state index contributed by atoms with van der Waals surface area (Å²) in [6, 6.07) is 0. The second kappa shape index (κ2) is 17.1. The molecule has 174 valence electrons. The fraction of sp³-hybridized carbons (Fsp3) is 0.960. The first kappa shape index (κ1) is 28.4. The van der Waals surface area contributed by atoms with Gasteiger partial charge in [-0.2, -0.15) is 0 Å². The Morgan fingerprint density at radius 2 is 1.10 bits per heavy atom. The van der Waals surface area contributed by atoms with Crippen molar-refractivity contribution in [2.45, 2.75) is 96.8 Å². The number of nitrogens with zero attached hydrogens (tertiary/aromatic N) is 2.